The summed E-state index contributed by atoms with van der Waals surface area (Å²) in [5.74, 6) is 0.401. The summed E-state index contributed by atoms with van der Waals surface area (Å²) >= 11 is 1.52. The summed E-state index contributed by atoms with van der Waals surface area (Å²) in [6, 6.07) is 26.5. The van der Waals surface area contributed by atoms with E-state index in [0.717, 1.165) is 12.0 Å². The highest BCUT2D eigenvalue weighted by atomic mass is 32.2. The van der Waals surface area contributed by atoms with E-state index in [4.69, 9.17) is 0 Å². The van der Waals surface area contributed by atoms with Gasteiger partial charge in [-0.05, 0) is 23.6 Å². The molecule has 3 aromatic rings. The van der Waals surface area contributed by atoms with Gasteiger partial charge in [0.1, 0.15) is 17.2 Å². The molecule has 1 fully saturated rings. The van der Waals surface area contributed by atoms with Crippen molar-refractivity contribution >= 4 is 23.6 Å². The van der Waals surface area contributed by atoms with Crippen LogP contribution >= 0.6 is 11.8 Å². The van der Waals surface area contributed by atoms with Crippen LogP contribution in [0, 0.1) is 0 Å². The number of benzene rings is 3. The zero-order chi connectivity index (χ0) is 23.2. The fraction of sp³-hybridized carbons (Fsp3) is 0.259. The van der Waals surface area contributed by atoms with E-state index >= 15 is 0 Å². The molecule has 0 saturated carbocycles. The summed E-state index contributed by atoms with van der Waals surface area (Å²) in [5, 5.41) is 9.98. The first-order valence-corrected chi connectivity index (χ1v) is 12.1. The summed E-state index contributed by atoms with van der Waals surface area (Å²) in [4.78, 5) is 30.0. The Morgan fingerprint density at radius 2 is 1.55 bits per heavy atom. The number of thioether (sulfide) groups is 1. The van der Waals surface area contributed by atoms with Gasteiger partial charge in [-0.3, -0.25) is 9.59 Å². The molecule has 33 heavy (non-hydrogen) atoms. The van der Waals surface area contributed by atoms with Crippen LogP contribution in [0.5, 0.6) is 5.75 Å². The molecule has 2 unspecified atom stereocenters. The molecule has 2 atom stereocenters. The molecule has 0 aliphatic carbocycles. The fourth-order valence-electron chi connectivity index (χ4n) is 4.21. The lowest BCUT2D eigenvalue weighted by atomic mass is 10.1. The van der Waals surface area contributed by atoms with Crippen LogP contribution in [-0.4, -0.2) is 45.1 Å². The maximum absolute atomic E-state index is 13.8. The van der Waals surface area contributed by atoms with Gasteiger partial charge in [0.05, 0.1) is 0 Å². The number of rotatable bonds is 7. The van der Waals surface area contributed by atoms with Crippen molar-refractivity contribution in [3.05, 3.63) is 102 Å². The Balaban J connectivity index is 1.58. The predicted octanol–water partition coefficient (Wildman–Crippen LogP) is 4.63. The molecular formula is C27H28N2O3S. The molecule has 1 aliphatic rings. The van der Waals surface area contributed by atoms with Crippen molar-refractivity contribution in [1.82, 2.24) is 9.80 Å². The Hall–Kier alpha value is -3.25. The van der Waals surface area contributed by atoms with E-state index in [1.165, 1.54) is 24.2 Å². The number of para-hydroxylation sites is 1. The lowest BCUT2D eigenvalue weighted by Crippen LogP contribution is -2.49. The van der Waals surface area contributed by atoms with Crippen LogP contribution < -0.4 is 0 Å². The number of amides is 2. The maximum Gasteiger partial charge on any atom is 0.246 e. The summed E-state index contributed by atoms with van der Waals surface area (Å²) in [6.45, 7) is 2.54. The van der Waals surface area contributed by atoms with Crippen molar-refractivity contribution in [2.45, 2.75) is 31.3 Å². The molecular weight excluding hydrogens is 432 g/mol. The molecule has 3 aromatic carbocycles. The smallest absolute Gasteiger partial charge is 0.246 e. The molecule has 0 radical (unpaired) electrons. The van der Waals surface area contributed by atoms with E-state index in [9.17, 15) is 14.7 Å². The van der Waals surface area contributed by atoms with Gasteiger partial charge >= 0.3 is 0 Å². The zero-order valence-corrected chi connectivity index (χ0v) is 19.4. The Morgan fingerprint density at radius 1 is 0.939 bits per heavy atom. The zero-order valence-electron chi connectivity index (χ0n) is 18.6. The van der Waals surface area contributed by atoms with Gasteiger partial charge in [0, 0.05) is 31.3 Å². The normalized spacial score (nSPS) is 17.7. The van der Waals surface area contributed by atoms with Crippen molar-refractivity contribution in [3.63, 3.8) is 0 Å². The minimum atomic E-state index is -0.573. The number of phenols is 1. The second-order valence-electron chi connectivity index (χ2n) is 8.17. The van der Waals surface area contributed by atoms with Crippen LogP contribution in [0.4, 0.5) is 0 Å². The van der Waals surface area contributed by atoms with Crippen LogP contribution in [-0.2, 0) is 22.6 Å². The molecule has 1 saturated heterocycles. The number of nitrogens with zero attached hydrogens (tertiary/aromatic N) is 2. The summed E-state index contributed by atoms with van der Waals surface area (Å²) < 4.78 is 0. The highest BCUT2D eigenvalue weighted by molar-refractivity contribution is 7.99. The Bertz CT molecular complexity index is 1090. The molecule has 1 heterocycles. The van der Waals surface area contributed by atoms with Crippen molar-refractivity contribution in [3.8, 4) is 5.75 Å². The first-order valence-electron chi connectivity index (χ1n) is 11.1. The highest BCUT2D eigenvalue weighted by Crippen LogP contribution is 2.44. The van der Waals surface area contributed by atoms with E-state index < -0.39 is 6.04 Å². The maximum atomic E-state index is 13.8. The second-order valence-corrected chi connectivity index (χ2v) is 9.28. The largest absolute Gasteiger partial charge is 0.508 e. The molecule has 1 aliphatic heterocycles. The Kier molecular flexibility index (Phi) is 7.35. The lowest BCUT2D eigenvalue weighted by molar-refractivity contribution is -0.144. The summed E-state index contributed by atoms with van der Waals surface area (Å²) in [7, 11) is 0. The van der Waals surface area contributed by atoms with Crippen LogP contribution in [0.25, 0.3) is 0 Å². The summed E-state index contributed by atoms with van der Waals surface area (Å²) in [5.41, 5.74) is 2.88. The number of hydrogen-bond donors (Lipinski definition) is 1. The van der Waals surface area contributed by atoms with E-state index in [1.807, 2.05) is 65.6 Å². The predicted molar refractivity (Wildman–Crippen MR) is 132 cm³/mol. The van der Waals surface area contributed by atoms with Gasteiger partial charge in [-0.15, -0.1) is 11.8 Å². The average molecular weight is 461 g/mol. The third-order valence-electron chi connectivity index (χ3n) is 5.89. The summed E-state index contributed by atoms with van der Waals surface area (Å²) in [6.07, 6.45) is 0.738. The van der Waals surface area contributed by atoms with Gasteiger partial charge < -0.3 is 14.9 Å². The number of carbonyl (C=O) groups is 2. The van der Waals surface area contributed by atoms with E-state index in [1.54, 1.807) is 17.0 Å². The standard InChI is InChI=1S/C27H28N2O3S/c1-20(30)29-24(19-33-27(29)23-14-8-9-15-25(23)31)26(32)28(18-22-12-6-3-7-13-22)17-16-21-10-4-2-5-11-21/h2-15,24,27,31H,16-19H2,1H3. The quantitative estimate of drug-likeness (QED) is 0.559. The SMILES string of the molecule is CC(=O)N1C(C(=O)N(CCc2ccccc2)Cc2ccccc2)CSC1c1ccccc1O. The number of carbonyl (C=O) groups excluding carboxylic acids is 2. The lowest BCUT2D eigenvalue weighted by Gasteiger charge is -2.32. The third kappa shape index (κ3) is 5.40. The molecule has 5 nitrogen and oxygen atoms in total. The van der Waals surface area contributed by atoms with Crippen LogP contribution in [0.2, 0.25) is 0 Å². The fourth-order valence-corrected chi connectivity index (χ4v) is 5.71. The molecule has 170 valence electrons. The molecule has 6 heteroatoms. The molecule has 1 N–H and O–H groups in total. The van der Waals surface area contributed by atoms with Crippen molar-refractivity contribution < 1.29 is 14.7 Å². The number of phenolic OH excluding ortho intramolecular Hbond substituents is 1. The van der Waals surface area contributed by atoms with E-state index in [-0.39, 0.29) is 22.9 Å². The van der Waals surface area contributed by atoms with Gasteiger partial charge in [-0.2, -0.15) is 0 Å². The first-order chi connectivity index (χ1) is 16.0. The van der Waals surface area contributed by atoms with Crippen molar-refractivity contribution in [1.29, 1.82) is 0 Å². The topological polar surface area (TPSA) is 60.9 Å². The molecule has 0 aromatic heterocycles. The third-order valence-corrected chi connectivity index (χ3v) is 7.20. The van der Waals surface area contributed by atoms with Gasteiger partial charge in [0.25, 0.3) is 0 Å². The Morgan fingerprint density at radius 3 is 2.18 bits per heavy atom. The van der Waals surface area contributed by atoms with Crippen molar-refractivity contribution in [2.75, 3.05) is 12.3 Å². The number of hydrogen-bond acceptors (Lipinski definition) is 4. The minimum Gasteiger partial charge on any atom is -0.508 e. The highest BCUT2D eigenvalue weighted by Gasteiger charge is 2.43. The number of aromatic hydroxyl groups is 1. The Labute approximate surface area is 199 Å². The second kappa shape index (κ2) is 10.6. The van der Waals surface area contributed by atoms with Gasteiger partial charge in [0.2, 0.25) is 11.8 Å². The molecule has 2 amide bonds. The molecule has 0 spiro atoms. The van der Waals surface area contributed by atoms with Crippen LogP contribution in [0.1, 0.15) is 29.0 Å². The average Bonchev–Trinajstić information content (AvgIpc) is 3.28. The first kappa shape index (κ1) is 22.9. The molecule has 4 rings (SSSR count). The molecule has 0 bridgehead atoms. The van der Waals surface area contributed by atoms with Gasteiger partial charge in [0.15, 0.2) is 0 Å². The van der Waals surface area contributed by atoms with Crippen LogP contribution in [0.3, 0.4) is 0 Å². The van der Waals surface area contributed by atoms with Gasteiger partial charge in [-0.25, -0.2) is 0 Å². The van der Waals surface area contributed by atoms with E-state index in [2.05, 4.69) is 12.1 Å². The monoisotopic (exact) mass is 460 g/mol. The van der Waals surface area contributed by atoms with Crippen molar-refractivity contribution in [2.24, 2.45) is 0 Å². The van der Waals surface area contributed by atoms with Crippen LogP contribution in [0.15, 0.2) is 84.9 Å². The van der Waals surface area contributed by atoms with Gasteiger partial charge in [-0.1, -0.05) is 78.9 Å². The minimum absolute atomic E-state index is 0.0598. The van der Waals surface area contributed by atoms with E-state index in [0.29, 0.717) is 24.4 Å².